The standard InChI is InChI=1S/C27H24N6/c1-2-4-24-22(3-1)23(7-9-29-24)25-15-31-27-11-18(8-10-33(25)27)19-5-6-26(30-14-19)32-16-20-12-28-13-21(20)17-32/h1-11,14-15,20-21,28H,12-13,16-17H2. The lowest BCUT2D eigenvalue weighted by Gasteiger charge is -2.18. The second-order valence-electron chi connectivity index (χ2n) is 9.15. The highest BCUT2D eigenvalue weighted by molar-refractivity contribution is 5.93. The fourth-order valence-electron chi connectivity index (χ4n) is 5.47. The number of benzene rings is 1. The maximum atomic E-state index is 4.80. The van der Waals surface area contributed by atoms with Gasteiger partial charge in [0.25, 0.3) is 0 Å². The normalized spacial score (nSPS) is 20.1. The van der Waals surface area contributed by atoms with Crippen LogP contribution in [0.4, 0.5) is 5.82 Å². The summed E-state index contributed by atoms with van der Waals surface area (Å²) in [6.45, 7) is 4.49. The van der Waals surface area contributed by atoms with Crippen molar-refractivity contribution in [3.8, 4) is 22.4 Å². The van der Waals surface area contributed by atoms with E-state index in [9.17, 15) is 0 Å². The summed E-state index contributed by atoms with van der Waals surface area (Å²) < 4.78 is 2.14. The minimum absolute atomic E-state index is 0.765. The van der Waals surface area contributed by atoms with Crippen molar-refractivity contribution < 1.29 is 0 Å². The molecule has 1 aromatic carbocycles. The highest BCUT2D eigenvalue weighted by Gasteiger charge is 2.36. The van der Waals surface area contributed by atoms with E-state index in [1.54, 1.807) is 0 Å². The topological polar surface area (TPSA) is 58.4 Å². The van der Waals surface area contributed by atoms with Crippen molar-refractivity contribution in [2.75, 3.05) is 31.1 Å². The number of nitrogens with zero attached hydrogens (tertiary/aromatic N) is 5. The first kappa shape index (κ1) is 18.8. The molecule has 1 N–H and O–H groups in total. The minimum atomic E-state index is 0.765. The Morgan fingerprint density at radius 3 is 2.55 bits per heavy atom. The van der Waals surface area contributed by atoms with Gasteiger partial charge in [0.2, 0.25) is 0 Å². The first-order chi connectivity index (χ1) is 16.3. The molecule has 0 aliphatic carbocycles. The van der Waals surface area contributed by atoms with E-state index in [1.807, 2.05) is 30.7 Å². The number of pyridine rings is 3. The molecule has 2 fully saturated rings. The maximum Gasteiger partial charge on any atom is 0.137 e. The third-order valence-electron chi connectivity index (χ3n) is 7.23. The van der Waals surface area contributed by atoms with E-state index in [0.717, 1.165) is 82.8 Å². The van der Waals surface area contributed by atoms with Crippen molar-refractivity contribution in [1.82, 2.24) is 24.7 Å². The first-order valence-electron chi connectivity index (χ1n) is 11.6. The molecule has 0 radical (unpaired) electrons. The monoisotopic (exact) mass is 432 g/mol. The summed E-state index contributed by atoms with van der Waals surface area (Å²) in [6, 6.07) is 18.9. The molecule has 7 rings (SSSR count). The van der Waals surface area contributed by atoms with Crippen LogP contribution in [-0.2, 0) is 0 Å². The average molecular weight is 433 g/mol. The van der Waals surface area contributed by atoms with E-state index in [0.29, 0.717) is 0 Å². The summed E-state index contributed by atoms with van der Waals surface area (Å²) in [7, 11) is 0. The molecule has 2 saturated heterocycles. The Morgan fingerprint density at radius 2 is 1.70 bits per heavy atom. The van der Waals surface area contributed by atoms with Crippen LogP contribution in [0.5, 0.6) is 0 Å². The Labute approximate surface area is 191 Å². The van der Waals surface area contributed by atoms with Crippen LogP contribution in [0, 0.1) is 11.8 Å². The largest absolute Gasteiger partial charge is 0.356 e. The molecule has 5 aromatic rings. The van der Waals surface area contributed by atoms with Gasteiger partial charge in [-0.2, -0.15) is 0 Å². The number of imidazole rings is 1. The van der Waals surface area contributed by atoms with Crippen LogP contribution < -0.4 is 10.2 Å². The predicted octanol–water partition coefficient (Wildman–Crippen LogP) is 4.27. The Kier molecular flexibility index (Phi) is 4.20. The zero-order valence-electron chi connectivity index (χ0n) is 18.2. The quantitative estimate of drug-likeness (QED) is 0.462. The number of hydrogen-bond donors (Lipinski definition) is 1. The van der Waals surface area contributed by atoms with Gasteiger partial charge in [0.05, 0.1) is 17.4 Å². The molecule has 0 amide bonds. The van der Waals surface area contributed by atoms with Gasteiger partial charge in [-0.1, -0.05) is 18.2 Å². The van der Waals surface area contributed by atoms with Gasteiger partial charge < -0.3 is 10.2 Å². The van der Waals surface area contributed by atoms with Crippen LogP contribution in [0.2, 0.25) is 0 Å². The molecule has 2 aliphatic heterocycles. The summed E-state index contributed by atoms with van der Waals surface area (Å²) in [5, 5.41) is 4.64. The SMILES string of the molecule is c1ccc2c(-c3cnc4cc(-c5ccc(N6CC7CNCC7C6)nc5)ccn34)ccnc2c1. The van der Waals surface area contributed by atoms with Crippen LogP contribution in [0.15, 0.2) is 79.4 Å². The molecule has 0 saturated carbocycles. The van der Waals surface area contributed by atoms with Crippen molar-refractivity contribution >= 4 is 22.4 Å². The second-order valence-corrected chi connectivity index (χ2v) is 9.15. The van der Waals surface area contributed by atoms with Gasteiger partial charge in [0.15, 0.2) is 0 Å². The number of aromatic nitrogens is 4. The van der Waals surface area contributed by atoms with E-state index in [-0.39, 0.29) is 0 Å². The molecule has 0 bridgehead atoms. The smallest absolute Gasteiger partial charge is 0.137 e. The molecule has 4 aromatic heterocycles. The highest BCUT2D eigenvalue weighted by atomic mass is 15.2. The molecule has 33 heavy (non-hydrogen) atoms. The van der Waals surface area contributed by atoms with E-state index in [4.69, 9.17) is 9.97 Å². The van der Waals surface area contributed by atoms with Gasteiger partial charge >= 0.3 is 0 Å². The minimum Gasteiger partial charge on any atom is -0.356 e. The number of fused-ring (bicyclic) bond motifs is 3. The Bertz CT molecular complexity index is 1450. The molecule has 6 heteroatoms. The van der Waals surface area contributed by atoms with E-state index in [1.165, 1.54) is 0 Å². The number of hydrogen-bond acceptors (Lipinski definition) is 5. The van der Waals surface area contributed by atoms with Crippen LogP contribution in [0.1, 0.15) is 0 Å². The van der Waals surface area contributed by atoms with Crippen molar-refractivity contribution in [2.24, 2.45) is 11.8 Å². The molecule has 0 spiro atoms. The maximum absolute atomic E-state index is 4.80. The lowest BCUT2D eigenvalue weighted by atomic mass is 10.0. The van der Waals surface area contributed by atoms with Crippen molar-refractivity contribution in [3.63, 3.8) is 0 Å². The summed E-state index contributed by atoms with van der Waals surface area (Å²) in [5.41, 5.74) is 6.36. The molecular weight excluding hydrogens is 408 g/mol. The van der Waals surface area contributed by atoms with E-state index >= 15 is 0 Å². The Morgan fingerprint density at radius 1 is 0.818 bits per heavy atom. The molecule has 6 heterocycles. The summed E-state index contributed by atoms with van der Waals surface area (Å²) in [6.07, 6.45) is 7.91. The predicted molar refractivity (Wildman–Crippen MR) is 131 cm³/mol. The van der Waals surface area contributed by atoms with Gasteiger partial charge in [0.1, 0.15) is 11.5 Å². The summed E-state index contributed by atoms with van der Waals surface area (Å²) in [5.74, 6) is 2.61. The first-order valence-corrected chi connectivity index (χ1v) is 11.6. The number of nitrogens with one attached hydrogen (secondary N) is 1. The number of para-hydroxylation sites is 1. The van der Waals surface area contributed by atoms with Gasteiger partial charge in [-0.05, 0) is 53.8 Å². The van der Waals surface area contributed by atoms with E-state index < -0.39 is 0 Å². The van der Waals surface area contributed by atoms with Crippen molar-refractivity contribution in [1.29, 1.82) is 0 Å². The fraction of sp³-hybridized carbons (Fsp3) is 0.222. The highest BCUT2D eigenvalue weighted by Crippen LogP contribution is 2.32. The Balaban J connectivity index is 1.20. The van der Waals surface area contributed by atoms with Crippen molar-refractivity contribution in [3.05, 3.63) is 79.4 Å². The number of anilines is 1. The van der Waals surface area contributed by atoms with Gasteiger partial charge in [-0.15, -0.1) is 0 Å². The summed E-state index contributed by atoms with van der Waals surface area (Å²) in [4.78, 5) is 16.4. The van der Waals surface area contributed by atoms with Crippen LogP contribution in [0.3, 0.4) is 0 Å². The zero-order valence-corrected chi connectivity index (χ0v) is 18.2. The average Bonchev–Trinajstić information content (AvgIpc) is 3.58. The second kappa shape index (κ2) is 7.39. The van der Waals surface area contributed by atoms with Crippen molar-refractivity contribution in [2.45, 2.75) is 0 Å². The van der Waals surface area contributed by atoms with Crippen LogP contribution in [0.25, 0.3) is 38.9 Å². The van der Waals surface area contributed by atoms with Gasteiger partial charge in [-0.25, -0.2) is 9.97 Å². The van der Waals surface area contributed by atoms with Gasteiger partial charge in [0, 0.05) is 61.3 Å². The third kappa shape index (κ3) is 3.09. The Hall–Kier alpha value is -3.77. The lowest BCUT2D eigenvalue weighted by Crippen LogP contribution is -2.26. The van der Waals surface area contributed by atoms with Crippen LogP contribution >= 0.6 is 0 Å². The van der Waals surface area contributed by atoms with Crippen LogP contribution in [-0.4, -0.2) is 45.5 Å². The molecule has 2 atom stereocenters. The third-order valence-corrected chi connectivity index (χ3v) is 7.23. The van der Waals surface area contributed by atoms with Gasteiger partial charge in [-0.3, -0.25) is 9.38 Å². The fourth-order valence-corrected chi connectivity index (χ4v) is 5.47. The molecule has 6 nitrogen and oxygen atoms in total. The molecule has 2 unspecified atom stereocenters. The summed E-state index contributed by atoms with van der Waals surface area (Å²) >= 11 is 0. The molecular formula is C27H24N6. The molecule has 162 valence electrons. The number of rotatable bonds is 3. The zero-order chi connectivity index (χ0) is 21.8. The van der Waals surface area contributed by atoms with E-state index in [2.05, 4.69) is 68.3 Å². The lowest BCUT2D eigenvalue weighted by molar-refractivity contribution is 0.533. The molecule has 2 aliphatic rings.